The molecular formula is C38H33FN2O6S. The number of aromatic nitrogens is 1. The number of hydrogen-bond donors (Lipinski definition) is 0. The SMILES string of the molecule is CCOC(=O)C1=C(c2ccccc2)N=c2s/c(=C\c3ccc(OCc4ccc(F)cc4)c(OCC)c3)c(=O)n2[C@@H]1c1ccccc1OC. The Morgan fingerprint density at radius 2 is 1.65 bits per heavy atom. The standard InChI is InChI=1S/C38H33FN2O6S/c1-4-45-31-21-25(17-20-30(31)47-23-24-15-18-27(39)19-16-24)22-32-36(42)41-35(28-13-9-10-14-29(28)44-3)33(37(43)46-5-2)34(40-38(41)48-32)26-11-7-6-8-12-26/h6-22,35H,4-5,23H2,1-3H3/b32-22-/t35-/m1/s1. The third-order valence-corrected chi connectivity index (χ3v) is 8.66. The van der Waals surface area contributed by atoms with Crippen LogP contribution < -0.4 is 29.1 Å². The molecule has 4 aromatic carbocycles. The van der Waals surface area contributed by atoms with Crippen LogP contribution in [-0.4, -0.2) is 30.9 Å². The van der Waals surface area contributed by atoms with Crippen molar-refractivity contribution in [2.24, 2.45) is 4.99 Å². The maximum atomic E-state index is 14.3. The van der Waals surface area contributed by atoms with Crippen LogP contribution in [0.25, 0.3) is 11.8 Å². The fourth-order valence-corrected chi connectivity index (χ4v) is 6.52. The predicted octanol–water partition coefficient (Wildman–Crippen LogP) is 6.06. The van der Waals surface area contributed by atoms with Crippen LogP contribution in [0.2, 0.25) is 0 Å². The molecule has 1 aliphatic rings. The van der Waals surface area contributed by atoms with Gasteiger partial charge in [0.1, 0.15) is 24.2 Å². The Balaban J connectivity index is 1.49. The average molecular weight is 665 g/mol. The molecule has 0 N–H and O–H groups in total. The summed E-state index contributed by atoms with van der Waals surface area (Å²) in [5.41, 5.74) is 3.21. The monoisotopic (exact) mass is 664 g/mol. The Morgan fingerprint density at radius 3 is 2.38 bits per heavy atom. The highest BCUT2D eigenvalue weighted by atomic mass is 32.1. The van der Waals surface area contributed by atoms with Gasteiger partial charge in [-0.1, -0.05) is 78.1 Å². The third-order valence-electron chi connectivity index (χ3n) is 7.68. The Morgan fingerprint density at radius 1 is 0.896 bits per heavy atom. The van der Waals surface area contributed by atoms with Crippen molar-refractivity contribution in [3.63, 3.8) is 0 Å². The summed E-state index contributed by atoms with van der Waals surface area (Å²) in [7, 11) is 1.55. The Kier molecular flexibility index (Phi) is 9.82. The van der Waals surface area contributed by atoms with Crippen LogP contribution in [0.3, 0.4) is 0 Å². The Labute approximate surface area is 280 Å². The fourth-order valence-electron chi connectivity index (χ4n) is 5.52. The van der Waals surface area contributed by atoms with Gasteiger partial charge in [0.25, 0.3) is 5.56 Å². The molecule has 10 heteroatoms. The maximum absolute atomic E-state index is 14.3. The highest BCUT2D eigenvalue weighted by molar-refractivity contribution is 7.07. The first-order valence-corrected chi connectivity index (χ1v) is 16.3. The van der Waals surface area contributed by atoms with Gasteiger partial charge in [-0.3, -0.25) is 9.36 Å². The van der Waals surface area contributed by atoms with Crippen molar-refractivity contribution >= 4 is 29.1 Å². The summed E-state index contributed by atoms with van der Waals surface area (Å²) in [6.45, 7) is 4.39. The molecule has 0 fully saturated rings. The highest BCUT2D eigenvalue weighted by Crippen LogP contribution is 2.38. The van der Waals surface area contributed by atoms with E-state index in [1.54, 1.807) is 50.4 Å². The molecule has 244 valence electrons. The molecule has 0 saturated heterocycles. The van der Waals surface area contributed by atoms with Crippen molar-refractivity contribution in [3.05, 3.63) is 150 Å². The van der Waals surface area contributed by atoms with Gasteiger partial charge in [0.2, 0.25) is 0 Å². The third kappa shape index (κ3) is 6.65. The summed E-state index contributed by atoms with van der Waals surface area (Å²) in [6.07, 6.45) is 1.77. The van der Waals surface area contributed by atoms with Gasteiger partial charge in [-0.05, 0) is 61.4 Å². The van der Waals surface area contributed by atoms with Gasteiger partial charge in [0, 0.05) is 11.1 Å². The van der Waals surface area contributed by atoms with Gasteiger partial charge in [0.05, 0.1) is 36.1 Å². The summed E-state index contributed by atoms with van der Waals surface area (Å²) < 4.78 is 38.5. The number of nitrogens with zero attached hydrogens (tertiary/aromatic N) is 2. The number of fused-ring (bicyclic) bond motifs is 1. The molecule has 6 rings (SSSR count). The topological polar surface area (TPSA) is 88.4 Å². The summed E-state index contributed by atoms with van der Waals surface area (Å²) in [4.78, 5) is 33.4. The zero-order chi connectivity index (χ0) is 33.6. The zero-order valence-electron chi connectivity index (χ0n) is 26.6. The molecule has 0 bridgehead atoms. The van der Waals surface area contributed by atoms with Crippen molar-refractivity contribution in [1.82, 2.24) is 4.57 Å². The second kappa shape index (κ2) is 14.5. The van der Waals surface area contributed by atoms with E-state index in [1.165, 1.54) is 28.0 Å². The van der Waals surface area contributed by atoms with E-state index < -0.39 is 12.0 Å². The van der Waals surface area contributed by atoms with Gasteiger partial charge < -0.3 is 18.9 Å². The first kappa shape index (κ1) is 32.5. The molecule has 0 radical (unpaired) electrons. The molecule has 8 nitrogen and oxygen atoms in total. The van der Waals surface area contributed by atoms with Crippen LogP contribution >= 0.6 is 11.3 Å². The molecule has 0 unspecified atom stereocenters. The predicted molar refractivity (Wildman–Crippen MR) is 182 cm³/mol. The number of hydrogen-bond acceptors (Lipinski definition) is 8. The number of esters is 1. The smallest absolute Gasteiger partial charge is 0.338 e. The normalized spacial score (nSPS) is 14.2. The minimum atomic E-state index is -0.866. The molecular weight excluding hydrogens is 631 g/mol. The Hall–Kier alpha value is -5.48. The minimum Gasteiger partial charge on any atom is -0.496 e. The number of methoxy groups -OCH3 is 1. The molecule has 1 atom stereocenters. The first-order valence-electron chi connectivity index (χ1n) is 15.5. The summed E-state index contributed by atoms with van der Waals surface area (Å²) in [5, 5.41) is 0. The number of rotatable bonds is 11. The van der Waals surface area contributed by atoms with Crippen molar-refractivity contribution in [2.75, 3.05) is 20.3 Å². The van der Waals surface area contributed by atoms with Gasteiger partial charge in [-0.2, -0.15) is 0 Å². The van der Waals surface area contributed by atoms with E-state index in [0.29, 0.717) is 50.0 Å². The molecule has 0 aliphatic carbocycles. The van der Waals surface area contributed by atoms with Crippen LogP contribution in [0.5, 0.6) is 17.2 Å². The maximum Gasteiger partial charge on any atom is 0.338 e. The summed E-state index contributed by atoms with van der Waals surface area (Å²) in [5.74, 6) is 0.659. The lowest BCUT2D eigenvalue weighted by molar-refractivity contribution is -0.138. The zero-order valence-corrected chi connectivity index (χ0v) is 27.5. The van der Waals surface area contributed by atoms with Crippen molar-refractivity contribution in [3.8, 4) is 17.2 Å². The summed E-state index contributed by atoms with van der Waals surface area (Å²) in [6, 6.07) is 27.3. The minimum absolute atomic E-state index is 0.152. The van der Waals surface area contributed by atoms with E-state index in [-0.39, 0.29) is 30.2 Å². The number of ether oxygens (including phenoxy) is 4. The lowest BCUT2D eigenvalue weighted by atomic mass is 9.92. The quantitative estimate of drug-likeness (QED) is 0.160. The second-order valence-corrected chi connectivity index (χ2v) is 11.7. The van der Waals surface area contributed by atoms with Gasteiger partial charge in [-0.25, -0.2) is 14.2 Å². The number of carbonyl (C=O) groups is 1. The fraction of sp³-hybridized carbons (Fsp3) is 0.184. The van der Waals surface area contributed by atoms with Crippen LogP contribution in [0, 0.1) is 5.82 Å². The number of thiazole rings is 1. The van der Waals surface area contributed by atoms with E-state index in [1.807, 2.05) is 61.5 Å². The van der Waals surface area contributed by atoms with Crippen LogP contribution in [0.4, 0.5) is 4.39 Å². The molecule has 0 amide bonds. The molecule has 1 aliphatic heterocycles. The Bertz CT molecular complexity index is 2160. The van der Waals surface area contributed by atoms with E-state index in [2.05, 4.69) is 0 Å². The number of para-hydroxylation sites is 1. The lowest BCUT2D eigenvalue weighted by Gasteiger charge is -2.27. The van der Waals surface area contributed by atoms with Gasteiger partial charge in [0.15, 0.2) is 16.3 Å². The van der Waals surface area contributed by atoms with E-state index in [9.17, 15) is 14.0 Å². The van der Waals surface area contributed by atoms with Crippen molar-refractivity contribution in [1.29, 1.82) is 0 Å². The highest BCUT2D eigenvalue weighted by Gasteiger charge is 2.36. The van der Waals surface area contributed by atoms with Crippen LogP contribution in [-0.2, 0) is 16.1 Å². The van der Waals surface area contributed by atoms with Crippen molar-refractivity contribution in [2.45, 2.75) is 26.5 Å². The average Bonchev–Trinajstić information content (AvgIpc) is 3.42. The number of halogens is 1. The number of benzene rings is 4. The van der Waals surface area contributed by atoms with E-state index in [0.717, 1.165) is 11.1 Å². The van der Waals surface area contributed by atoms with Gasteiger partial charge >= 0.3 is 5.97 Å². The molecule has 1 aromatic heterocycles. The number of carbonyl (C=O) groups excluding carboxylic acids is 1. The lowest BCUT2D eigenvalue weighted by Crippen LogP contribution is -2.40. The molecule has 48 heavy (non-hydrogen) atoms. The van der Waals surface area contributed by atoms with Crippen molar-refractivity contribution < 1.29 is 28.1 Å². The molecule has 5 aromatic rings. The molecule has 0 spiro atoms. The molecule has 0 saturated carbocycles. The van der Waals surface area contributed by atoms with Gasteiger partial charge in [-0.15, -0.1) is 0 Å². The largest absolute Gasteiger partial charge is 0.496 e. The molecule has 2 heterocycles. The van der Waals surface area contributed by atoms with Crippen LogP contribution in [0.15, 0.2) is 112 Å². The van der Waals surface area contributed by atoms with E-state index >= 15 is 0 Å². The summed E-state index contributed by atoms with van der Waals surface area (Å²) >= 11 is 1.22. The van der Waals surface area contributed by atoms with E-state index in [4.69, 9.17) is 23.9 Å². The second-order valence-electron chi connectivity index (χ2n) is 10.7. The van der Waals surface area contributed by atoms with Crippen LogP contribution in [0.1, 0.15) is 42.1 Å². The first-order chi connectivity index (χ1) is 23.4.